The number of hydrogen-bond donors (Lipinski definition) is 1. The minimum absolute atomic E-state index is 0.0734. The largest absolute Gasteiger partial charge is 0.494 e. The van der Waals surface area contributed by atoms with Gasteiger partial charge in [-0.1, -0.05) is 23.7 Å². The highest BCUT2D eigenvalue weighted by Gasteiger charge is 2.37. The van der Waals surface area contributed by atoms with Crippen LogP contribution in [-0.4, -0.2) is 33.6 Å². The second kappa shape index (κ2) is 9.10. The zero-order valence-corrected chi connectivity index (χ0v) is 18.8. The first-order valence-electron chi connectivity index (χ1n) is 9.96. The lowest BCUT2D eigenvalue weighted by Gasteiger charge is -2.34. The fraction of sp³-hybridized carbons (Fsp3) is 0.174. The quantitative estimate of drug-likeness (QED) is 0.577. The number of anilines is 2. The van der Waals surface area contributed by atoms with E-state index >= 15 is 0 Å². The van der Waals surface area contributed by atoms with Gasteiger partial charge in [0.1, 0.15) is 11.5 Å². The molecule has 1 heterocycles. The third kappa shape index (κ3) is 4.51. The van der Waals surface area contributed by atoms with Gasteiger partial charge in [-0.15, -0.1) is 0 Å². The summed E-state index contributed by atoms with van der Waals surface area (Å²) in [5, 5.41) is 3.20. The molecule has 0 bridgehead atoms. The van der Waals surface area contributed by atoms with Crippen molar-refractivity contribution in [3.05, 3.63) is 77.8 Å². The predicted molar refractivity (Wildman–Crippen MR) is 123 cm³/mol. The Morgan fingerprint density at radius 2 is 1.78 bits per heavy atom. The maximum Gasteiger partial charge on any atom is 0.267 e. The Morgan fingerprint density at radius 3 is 2.47 bits per heavy atom. The Bertz CT molecular complexity index is 1210. The highest BCUT2D eigenvalue weighted by Crippen LogP contribution is 2.37. The van der Waals surface area contributed by atoms with E-state index in [4.69, 9.17) is 21.1 Å². The summed E-state index contributed by atoms with van der Waals surface area (Å²) < 4.78 is 39.2. The maximum absolute atomic E-state index is 13.4. The second-order valence-electron chi connectivity index (χ2n) is 7.01. The van der Waals surface area contributed by atoms with Gasteiger partial charge in [-0.3, -0.25) is 9.10 Å². The molecule has 0 unspecified atom stereocenters. The molecule has 1 aliphatic heterocycles. The predicted octanol–water partition coefficient (Wildman–Crippen LogP) is 4.33. The summed E-state index contributed by atoms with van der Waals surface area (Å²) in [6.45, 7) is 2.25. The van der Waals surface area contributed by atoms with Gasteiger partial charge in [-0.25, -0.2) is 8.42 Å². The van der Waals surface area contributed by atoms with Crippen LogP contribution in [0.3, 0.4) is 0 Å². The lowest BCUT2D eigenvalue weighted by Crippen LogP contribution is -2.48. The highest BCUT2D eigenvalue weighted by atomic mass is 35.5. The number of ether oxygens (including phenoxy) is 2. The number of rotatable bonds is 6. The van der Waals surface area contributed by atoms with Gasteiger partial charge in [-0.2, -0.15) is 0 Å². The van der Waals surface area contributed by atoms with Gasteiger partial charge < -0.3 is 14.8 Å². The van der Waals surface area contributed by atoms with Crippen LogP contribution in [0.1, 0.15) is 6.92 Å². The van der Waals surface area contributed by atoms with Crippen molar-refractivity contribution in [2.75, 3.05) is 22.8 Å². The summed E-state index contributed by atoms with van der Waals surface area (Å²) in [6, 6.07) is 19.5. The Morgan fingerprint density at radius 1 is 1.09 bits per heavy atom. The van der Waals surface area contributed by atoms with Crippen molar-refractivity contribution in [1.29, 1.82) is 0 Å². The van der Waals surface area contributed by atoms with E-state index in [-0.39, 0.29) is 11.4 Å². The van der Waals surface area contributed by atoms with Crippen LogP contribution in [0.15, 0.2) is 77.7 Å². The number of nitrogens with one attached hydrogen (secondary N) is 1. The number of benzene rings is 3. The van der Waals surface area contributed by atoms with Gasteiger partial charge in [0, 0.05) is 10.7 Å². The van der Waals surface area contributed by atoms with Gasteiger partial charge in [-0.05, 0) is 67.6 Å². The minimum atomic E-state index is -3.95. The Kier molecular flexibility index (Phi) is 6.25. The average molecular weight is 473 g/mol. The molecule has 1 amide bonds. The van der Waals surface area contributed by atoms with Crippen molar-refractivity contribution in [2.24, 2.45) is 0 Å². The van der Waals surface area contributed by atoms with Crippen molar-refractivity contribution in [3.8, 4) is 11.5 Å². The first kappa shape index (κ1) is 22.0. The monoisotopic (exact) mass is 472 g/mol. The van der Waals surface area contributed by atoms with Gasteiger partial charge in [0.25, 0.3) is 15.9 Å². The van der Waals surface area contributed by atoms with Gasteiger partial charge >= 0.3 is 0 Å². The van der Waals surface area contributed by atoms with E-state index in [1.165, 1.54) is 28.6 Å². The molecule has 3 aromatic carbocycles. The molecule has 0 aromatic heterocycles. The molecule has 1 aliphatic rings. The minimum Gasteiger partial charge on any atom is -0.494 e. The van der Waals surface area contributed by atoms with Crippen LogP contribution in [0.5, 0.6) is 11.5 Å². The molecule has 9 heteroatoms. The average Bonchev–Trinajstić information content (AvgIpc) is 2.80. The second-order valence-corrected chi connectivity index (χ2v) is 9.31. The number of carbonyl (C=O) groups excluding carboxylic acids is 1. The fourth-order valence-corrected chi connectivity index (χ4v) is 4.93. The van der Waals surface area contributed by atoms with Crippen LogP contribution < -0.4 is 19.1 Å². The molecule has 32 heavy (non-hydrogen) atoms. The molecule has 0 fully saturated rings. The molecule has 0 saturated carbocycles. The first-order valence-corrected chi connectivity index (χ1v) is 11.8. The van der Waals surface area contributed by atoms with Crippen molar-refractivity contribution >= 4 is 38.9 Å². The molecule has 166 valence electrons. The normalized spacial score (nSPS) is 15.4. The number of nitrogens with zero attached hydrogens (tertiary/aromatic N) is 1. The number of carbonyl (C=O) groups is 1. The standard InChI is InChI=1S/C23H21ClN2O5S/c1-2-30-18-11-9-17(10-12-18)25-23(27)22-15-26(20-5-3-4-6-21(20)31-22)32(28,29)19-13-7-16(24)8-14-19/h3-14,22H,2,15H2,1H3,(H,25,27)/t22-/m0/s1. The first-order chi connectivity index (χ1) is 15.4. The number of amides is 1. The topological polar surface area (TPSA) is 84.9 Å². The molecule has 0 spiro atoms. The number of hydrogen-bond acceptors (Lipinski definition) is 5. The molecule has 4 rings (SSSR count). The van der Waals surface area contributed by atoms with E-state index in [1.807, 2.05) is 6.92 Å². The van der Waals surface area contributed by atoms with Crippen LogP contribution in [0.4, 0.5) is 11.4 Å². The molecule has 1 N–H and O–H groups in total. The third-order valence-electron chi connectivity index (χ3n) is 4.86. The van der Waals surface area contributed by atoms with E-state index in [1.54, 1.807) is 48.5 Å². The van der Waals surface area contributed by atoms with Gasteiger partial charge in [0.15, 0.2) is 6.10 Å². The Balaban J connectivity index is 1.60. The third-order valence-corrected chi connectivity index (χ3v) is 6.91. The molecule has 0 aliphatic carbocycles. The molecule has 0 radical (unpaired) electrons. The van der Waals surface area contributed by atoms with Gasteiger partial charge in [0.05, 0.1) is 23.7 Å². The van der Waals surface area contributed by atoms with Crippen LogP contribution in [0.2, 0.25) is 5.02 Å². The van der Waals surface area contributed by atoms with E-state index in [0.29, 0.717) is 34.5 Å². The maximum atomic E-state index is 13.4. The Labute approximate surface area is 191 Å². The van der Waals surface area contributed by atoms with Crippen molar-refractivity contribution in [3.63, 3.8) is 0 Å². The van der Waals surface area contributed by atoms with Crippen molar-refractivity contribution in [2.45, 2.75) is 17.9 Å². The fourth-order valence-electron chi connectivity index (χ4n) is 3.32. The van der Waals surface area contributed by atoms with Gasteiger partial charge in [0.2, 0.25) is 0 Å². The van der Waals surface area contributed by atoms with Crippen LogP contribution in [0.25, 0.3) is 0 Å². The van der Waals surface area contributed by atoms with E-state index < -0.39 is 22.0 Å². The molecular formula is C23H21ClN2O5S. The lowest BCUT2D eigenvalue weighted by atomic mass is 10.2. The van der Waals surface area contributed by atoms with Crippen molar-refractivity contribution in [1.82, 2.24) is 0 Å². The summed E-state index contributed by atoms with van der Waals surface area (Å²) in [7, 11) is -3.95. The molecule has 1 atom stereocenters. The number of para-hydroxylation sites is 2. The van der Waals surface area contributed by atoms with Crippen molar-refractivity contribution < 1.29 is 22.7 Å². The van der Waals surface area contributed by atoms with Crippen LogP contribution >= 0.6 is 11.6 Å². The van der Waals surface area contributed by atoms with E-state index in [0.717, 1.165) is 0 Å². The van der Waals surface area contributed by atoms with E-state index in [2.05, 4.69) is 5.32 Å². The summed E-state index contributed by atoms with van der Waals surface area (Å²) in [5.41, 5.74) is 0.917. The highest BCUT2D eigenvalue weighted by molar-refractivity contribution is 7.92. The van der Waals surface area contributed by atoms with E-state index in [9.17, 15) is 13.2 Å². The molecular weight excluding hydrogens is 452 g/mol. The number of sulfonamides is 1. The summed E-state index contributed by atoms with van der Waals surface area (Å²) in [4.78, 5) is 13.0. The zero-order chi connectivity index (χ0) is 22.7. The Hall–Kier alpha value is -3.23. The lowest BCUT2D eigenvalue weighted by molar-refractivity contribution is -0.122. The smallest absolute Gasteiger partial charge is 0.267 e. The summed E-state index contributed by atoms with van der Waals surface area (Å²) >= 11 is 5.91. The van der Waals surface area contributed by atoms with Crippen LogP contribution in [0, 0.1) is 0 Å². The van der Waals surface area contributed by atoms with Crippen LogP contribution in [-0.2, 0) is 14.8 Å². The number of fused-ring (bicyclic) bond motifs is 1. The summed E-state index contributed by atoms with van der Waals surface area (Å²) in [6.07, 6.45) is -1.04. The molecule has 3 aromatic rings. The number of halogens is 1. The molecule has 0 saturated heterocycles. The SMILES string of the molecule is CCOc1ccc(NC(=O)[C@@H]2CN(S(=O)(=O)c3ccc(Cl)cc3)c3ccccc3O2)cc1. The zero-order valence-electron chi connectivity index (χ0n) is 17.2. The molecule has 7 nitrogen and oxygen atoms in total. The summed E-state index contributed by atoms with van der Waals surface area (Å²) in [5.74, 6) is 0.539.